The Morgan fingerprint density at radius 3 is 2.28 bits per heavy atom. The first-order valence-corrected chi connectivity index (χ1v) is 7.34. The third-order valence-corrected chi connectivity index (χ3v) is 3.92. The van der Waals surface area contributed by atoms with E-state index in [-0.39, 0.29) is 17.9 Å². The Morgan fingerprint density at radius 2 is 1.78 bits per heavy atom. The smallest absolute Gasteiger partial charge is 0.223 e. The minimum absolute atomic E-state index is 0.197. The van der Waals surface area contributed by atoms with Gasteiger partial charge in [0.25, 0.3) is 0 Å². The average Bonchev–Trinajstić information content (AvgIpc) is 2.23. The molecule has 3 heteroatoms. The first kappa shape index (κ1) is 15.5. The van der Waals surface area contributed by atoms with Gasteiger partial charge in [0.15, 0.2) is 0 Å². The van der Waals surface area contributed by atoms with Crippen molar-refractivity contribution in [3.8, 4) is 0 Å². The summed E-state index contributed by atoms with van der Waals surface area (Å²) in [6.07, 6.45) is 3.77. The highest BCUT2D eigenvalue weighted by atomic mass is 16.3. The third kappa shape index (κ3) is 5.38. The van der Waals surface area contributed by atoms with E-state index in [0.29, 0.717) is 24.3 Å². The molecule has 0 saturated heterocycles. The highest BCUT2D eigenvalue weighted by Gasteiger charge is 2.28. The van der Waals surface area contributed by atoms with Crippen molar-refractivity contribution >= 4 is 5.91 Å². The van der Waals surface area contributed by atoms with Crippen molar-refractivity contribution in [2.45, 2.75) is 59.5 Å². The number of rotatable bonds is 5. The van der Waals surface area contributed by atoms with Crippen LogP contribution in [0.4, 0.5) is 0 Å². The Balaban J connectivity index is 2.31. The molecule has 4 unspecified atom stereocenters. The molecule has 0 aliphatic heterocycles. The van der Waals surface area contributed by atoms with E-state index < -0.39 is 0 Å². The molecule has 18 heavy (non-hydrogen) atoms. The second kappa shape index (κ2) is 7.13. The molecule has 1 aliphatic rings. The number of carbonyl (C=O) groups excluding carboxylic acids is 1. The van der Waals surface area contributed by atoms with Crippen LogP contribution in [0.5, 0.6) is 0 Å². The number of amides is 1. The predicted molar refractivity (Wildman–Crippen MR) is 74.1 cm³/mol. The van der Waals surface area contributed by atoms with Crippen molar-refractivity contribution in [3.63, 3.8) is 0 Å². The Kier molecular flexibility index (Phi) is 6.13. The zero-order chi connectivity index (χ0) is 13.7. The molecule has 2 N–H and O–H groups in total. The number of hydrogen-bond acceptors (Lipinski definition) is 2. The first-order valence-electron chi connectivity index (χ1n) is 7.34. The number of nitrogens with one attached hydrogen (secondary N) is 1. The van der Waals surface area contributed by atoms with Gasteiger partial charge in [0.2, 0.25) is 5.91 Å². The van der Waals surface area contributed by atoms with E-state index in [9.17, 15) is 9.90 Å². The van der Waals surface area contributed by atoms with E-state index in [1.54, 1.807) is 6.92 Å². The largest absolute Gasteiger partial charge is 0.393 e. The highest BCUT2D eigenvalue weighted by Crippen LogP contribution is 2.32. The molecular formula is C15H29NO2. The number of aliphatic hydroxyl groups is 1. The van der Waals surface area contributed by atoms with E-state index in [1.807, 2.05) is 0 Å². The Morgan fingerprint density at radius 1 is 1.22 bits per heavy atom. The topological polar surface area (TPSA) is 49.3 Å². The van der Waals surface area contributed by atoms with Crippen LogP contribution in [0.1, 0.15) is 53.4 Å². The standard InChI is InChI=1S/C15H29NO2/c1-10-5-11(2)8-14(7-10)15(18)16-9-12(3)6-13(4)17/h10-14,17H,5-9H2,1-4H3,(H,16,18). The molecule has 1 rings (SSSR count). The average molecular weight is 255 g/mol. The normalized spacial score (nSPS) is 31.7. The maximum absolute atomic E-state index is 12.1. The number of aliphatic hydroxyl groups excluding tert-OH is 1. The Bertz CT molecular complexity index is 255. The van der Waals surface area contributed by atoms with Crippen LogP contribution in [-0.4, -0.2) is 23.7 Å². The molecule has 0 aromatic heterocycles. The predicted octanol–water partition coefficient (Wildman–Crippen LogP) is 2.58. The molecule has 4 atom stereocenters. The van der Waals surface area contributed by atoms with Crippen LogP contribution >= 0.6 is 0 Å². The minimum Gasteiger partial charge on any atom is -0.393 e. The number of carbonyl (C=O) groups is 1. The van der Waals surface area contributed by atoms with Gasteiger partial charge < -0.3 is 10.4 Å². The fourth-order valence-corrected chi connectivity index (χ4v) is 3.25. The zero-order valence-electron chi connectivity index (χ0n) is 12.3. The molecule has 106 valence electrons. The molecular weight excluding hydrogens is 226 g/mol. The fraction of sp³-hybridized carbons (Fsp3) is 0.933. The summed E-state index contributed by atoms with van der Waals surface area (Å²) in [5, 5.41) is 12.3. The van der Waals surface area contributed by atoms with Gasteiger partial charge in [-0.15, -0.1) is 0 Å². The monoisotopic (exact) mass is 255 g/mol. The fourth-order valence-electron chi connectivity index (χ4n) is 3.25. The van der Waals surface area contributed by atoms with Crippen molar-refractivity contribution in [1.29, 1.82) is 0 Å². The summed E-state index contributed by atoms with van der Waals surface area (Å²) in [6.45, 7) is 9.03. The van der Waals surface area contributed by atoms with Crippen molar-refractivity contribution in [2.24, 2.45) is 23.7 Å². The van der Waals surface area contributed by atoms with Crippen molar-refractivity contribution < 1.29 is 9.90 Å². The quantitative estimate of drug-likeness (QED) is 0.793. The maximum atomic E-state index is 12.1. The summed E-state index contributed by atoms with van der Waals surface area (Å²) in [5.41, 5.74) is 0. The van der Waals surface area contributed by atoms with Crippen LogP contribution in [0.25, 0.3) is 0 Å². The lowest BCUT2D eigenvalue weighted by molar-refractivity contribution is -0.127. The summed E-state index contributed by atoms with van der Waals surface area (Å²) < 4.78 is 0. The second-order valence-electron chi connectivity index (χ2n) is 6.55. The molecule has 0 radical (unpaired) electrons. The summed E-state index contributed by atoms with van der Waals surface area (Å²) >= 11 is 0. The Hall–Kier alpha value is -0.570. The molecule has 0 aromatic rings. The van der Waals surface area contributed by atoms with E-state index in [1.165, 1.54) is 6.42 Å². The van der Waals surface area contributed by atoms with E-state index in [0.717, 1.165) is 19.3 Å². The van der Waals surface area contributed by atoms with Crippen LogP contribution in [0.3, 0.4) is 0 Å². The number of hydrogen-bond donors (Lipinski definition) is 2. The van der Waals surface area contributed by atoms with Gasteiger partial charge in [0.1, 0.15) is 0 Å². The van der Waals surface area contributed by atoms with E-state index >= 15 is 0 Å². The van der Waals surface area contributed by atoms with Crippen molar-refractivity contribution in [3.05, 3.63) is 0 Å². The summed E-state index contributed by atoms with van der Waals surface area (Å²) in [6, 6.07) is 0. The van der Waals surface area contributed by atoms with Crippen LogP contribution in [0, 0.1) is 23.7 Å². The minimum atomic E-state index is -0.286. The molecule has 1 saturated carbocycles. The van der Waals surface area contributed by atoms with Gasteiger partial charge in [-0.1, -0.05) is 20.8 Å². The van der Waals surface area contributed by atoms with Crippen molar-refractivity contribution in [2.75, 3.05) is 6.54 Å². The lowest BCUT2D eigenvalue weighted by Crippen LogP contribution is -2.37. The molecule has 3 nitrogen and oxygen atoms in total. The molecule has 0 spiro atoms. The zero-order valence-corrected chi connectivity index (χ0v) is 12.3. The summed E-state index contributed by atoms with van der Waals surface area (Å²) in [5.74, 6) is 2.08. The van der Waals surface area contributed by atoms with Gasteiger partial charge in [-0.25, -0.2) is 0 Å². The van der Waals surface area contributed by atoms with Gasteiger partial charge >= 0.3 is 0 Å². The highest BCUT2D eigenvalue weighted by molar-refractivity contribution is 5.78. The van der Waals surface area contributed by atoms with Crippen molar-refractivity contribution in [1.82, 2.24) is 5.32 Å². The van der Waals surface area contributed by atoms with Gasteiger partial charge in [-0.3, -0.25) is 4.79 Å². The first-order chi connectivity index (χ1) is 8.38. The molecule has 0 aromatic carbocycles. The Labute approximate surface area is 111 Å². The van der Waals surface area contributed by atoms with Crippen LogP contribution in [-0.2, 0) is 4.79 Å². The third-order valence-electron chi connectivity index (χ3n) is 3.92. The van der Waals surface area contributed by atoms with Gasteiger partial charge in [0.05, 0.1) is 6.10 Å². The summed E-state index contributed by atoms with van der Waals surface area (Å²) in [7, 11) is 0. The maximum Gasteiger partial charge on any atom is 0.223 e. The molecule has 0 heterocycles. The van der Waals surface area contributed by atoms with Crippen LogP contribution in [0.15, 0.2) is 0 Å². The molecule has 1 aliphatic carbocycles. The lowest BCUT2D eigenvalue weighted by Gasteiger charge is -2.30. The molecule has 1 fully saturated rings. The van der Waals surface area contributed by atoms with E-state index in [4.69, 9.17) is 0 Å². The summed E-state index contributed by atoms with van der Waals surface area (Å²) in [4.78, 5) is 12.1. The van der Waals surface area contributed by atoms with Gasteiger partial charge in [-0.05, 0) is 50.4 Å². The molecule has 1 amide bonds. The van der Waals surface area contributed by atoms with Gasteiger partial charge in [0, 0.05) is 12.5 Å². The van der Waals surface area contributed by atoms with E-state index in [2.05, 4.69) is 26.1 Å². The van der Waals surface area contributed by atoms with Crippen LogP contribution < -0.4 is 5.32 Å². The van der Waals surface area contributed by atoms with Gasteiger partial charge in [-0.2, -0.15) is 0 Å². The molecule has 0 bridgehead atoms. The SMILES string of the molecule is CC(O)CC(C)CNC(=O)C1CC(C)CC(C)C1. The lowest BCUT2D eigenvalue weighted by atomic mass is 9.76. The second-order valence-corrected chi connectivity index (χ2v) is 6.55. The van der Waals surface area contributed by atoms with Crippen LogP contribution in [0.2, 0.25) is 0 Å².